The van der Waals surface area contributed by atoms with Crippen molar-refractivity contribution in [3.05, 3.63) is 12.4 Å². The maximum Gasteiger partial charge on any atom is 0.325 e. The van der Waals surface area contributed by atoms with Gasteiger partial charge in [-0.05, 0) is 0 Å². The van der Waals surface area contributed by atoms with E-state index < -0.39 is 18.0 Å². The van der Waals surface area contributed by atoms with Gasteiger partial charge in [-0.1, -0.05) is 0 Å². The average Bonchev–Trinajstić information content (AvgIpc) is 2.66. The third-order valence-electron chi connectivity index (χ3n) is 1.99. The summed E-state index contributed by atoms with van der Waals surface area (Å²) in [4.78, 5) is 22.0. The number of hydrogen-bond donors (Lipinski definition) is 3. The molecule has 1 rings (SSSR count). The van der Waals surface area contributed by atoms with Crippen LogP contribution in [0.4, 0.5) is 5.69 Å². The van der Waals surface area contributed by atoms with Crippen LogP contribution in [-0.2, 0) is 20.9 Å². The molecule has 0 aliphatic heterocycles. The lowest BCUT2D eigenvalue weighted by molar-refractivity contribution is -0.137. The van der Waals surface area contributed by atoms with Gasteiger partial charge < -0.3 is 20.9 Å². The van der Waals surface area contributed by atoms with Gasteiger partial charge in [0.1, 0.15) is 12.6 Å². The van der Waals surface area contributed by atoms with E-state index in [4.69, 9.17) is 15.6 Å². The highest BCUT2D eigenvalue weighted by Crippen LogP contribution is 2.05. The quantitative estimate of drug-likeness (QED) is 0.581. The molecule has 1 aromatic rings. The van der Waals surface area contributed by atoms with Crippen molar-refractivity contribution < 1.29 is 19.4 Å². The number of ether oxygens (including phenoxy) is 1. The zero-order chi connectivity index (χ0) is 12.8. The molecule has 0 radical (unpaired) electrons. The highest BCUT2D eigenvalue weighted by atomic mass is 16.5. The molecule has 0 saturated heterocycles. The van der Waals surface area contributed by atoms with Crippen molar-refractivity contribution in [1.82, 2.24) is 9.78 Å². The van der Waals surface area contributed by atoms with Crippen LogP contribution in [0, 0.1) is 0 Å². The Labute approximate surface area is 97.3 Å². The van der Waals surface area contributed by atoms with Crippen molar-refractivity contribution in [2.24, 2.45) is 5.73 Å². The number of aromatic nitrogens is 2. The number of nitrogens with zero attached hydrogens (tertiary/aromatic N) is 2. The van der Waals surface area contributed by atoms with Crippen molar-refractivity contribution >= 4 is 17.6 Å². The molecule has 4 N–H and O–H groups in total. The molecule has 8 heteroatoms. The highest BCUT2D eigenvalue weighted by molar-refractivity contribution is 5.94. The first-order valence-electron chi connectivity index (χ1n) is 4.84. The van der Waals surface area contributed by atoms with Gasteiger partial charge in [-0.15, -0.1) is 0 Å². The zero-order valence-corrected chi connectivity index (χ0v) is 9.29. The molecule has 1 amide bonds. The molecular formula is C9H14N4O4. The monoisotopic (exact) mass is 242 g/mol. The molecule has 8 nitrogen and oxygen atoms in total. The van der Waals surface area contributed by atoms with E-state index in [0.29, 0.717) is 5.69 Å². The molecule has 0 saturated carbocycles. The number of aliphatic carboxylic acids is 1. The Bertz CT molecular complexity index is 399. The number of hydrogen-bond acceptors (Lipinski definition) is 5. The smallest absolute Gasteiger partial charge is 0.325 e. The van der Waals surface area contributed by atoms with Gasteiger partial charge in [-0.25, -0.2) is 0 Å². The van der Waals surface area contributed by atoms with Gasteiger partial charge in [0.2, 0.25) is 0 Å². The number of carbonyl (C=O) groups excluding carboxylic acids is 1. The summed E-state index contributed by atoms with van der Waals surface area (Å²) in [6.45, 7) is -0.202. The molecule has 0 bridgehead atoms. The SMILES string of the molecule is COC(CN)C(=O)Nc1cnn(CC(=O)O)c1. The van der Waals surface area contributed by atoms with E-state index in [9.17, 15) is 9.59 Å². The van der Waals surface area contributed by atoms with Crippen LogP contribution in [0.3, 0.4) is 0 Å². The normalized spacial score (nSPS) is 12.1. The number of carbonyl (C=O) groups is 2. The predicted octanol–water partition coefficient (Wildman–Crippen LogP) is -1.12. The summed E-state index contributed by atoms with van der Waals surface area (Å²) in [5, 5.41) is 14.8. The van der Waals surface area contributed by atoms with Gasteiger partial charge in [-0.2, -0.15) is 5.10 Å². The molecule has 94 valence electrons. The van der Waals surface area contributed by atoms with Gasteiger partial charge in [0.15, 0.2) is 0 Å². The van der Waals surface area contributed by atoms with Crippen LogP contribution in [0.5, 0.6) is 0 Å². The summed E-state index contributed by atoms with van der Waals surface area (Å²) in [5.41, 5.74) is 5.72. The maximum absolute atomic E-state index is 11.5. The predicted molar refractivity (Wildman–Crippen MR) is 58.3 cm³/mol. The minimum atomic E-state index is -1.01. The first-order valence-corrected chi connectivity index (χ1v) is 4.84. The molecule has 0 aliphatic carbocycles. The van der Waals surface area contributed by atoms with E-state index in [2.05, 4.69) is 10.4 Å². The second-order valence-corrected chi connectivity index (χ2v) is 3.27. The number of nitrogens with two attached hydrogens (primary N) is 1. The van der Waals surface area contributed by atoms with E-state index in [1.165, 1.54) is 24.2 Å². The molecule has 1 unspecified atom stereocenters. The average molecular weight is 242 g/mol. The van der Waals surface area contributed by atoms with Gasteiger partial charge in [-0.3, -0.25) is 14.3 Å². The summed E-state index contributed by atoms with van der Waals surface area (Å²) < 4.78 is 6.04. The van der Waals surface area contributed by atoms with Gasteiger partial charge >= 0.3 is 5.97 Å². The van der Waals surface area contributed by atoms with Crippen molar-refractivity contribution in [2.45, 2.75) is 12.6 Å². The molecule has 17 heavy (non-hydrogen) atoms. The largest absolute Gasteiger partial charge is 0.480 e. The van der Waals surface area contributed by atoms with Crippen molar-refractivity contribution in [3.63, 3.8) is 0 Å². The summed E-state index contributed by atoms with van der Waals surface area (Å²) >= 11 is 0. The molecular weight excluding hydrogens is 228 g/mol. The zero-order valence-electron chi connectivity index (χ0n) is 9.29. The van der Waals surface area contributed by atoms with Crippen molar-refractivity contribution in [2.75, 3.05) is 19.0 Å². The van der Waals surface area contributed by atoms with Crippen LogP contribution in [0.15, 0.2) is 12.4 Å². The first kappa shape index (κ1) is 13.1. The fourth-order valence-electron chi connectivity index (χ4n) is 1.19. The van der Waals surface area contributed by atoms with Crippen molar-refractivity contribution in [3.8, 4) is 0 Å². The Hall–Kier alpha value is -1.93. The summed E-state index contributed by atoms with van der Waals surface area (Å²) in [6, 6.07) is 0. The first-order chi connectivity index (χ1) is 8.06. The summed E-state index contributed by atoms with van der Waals surface area (Å²) in [5.74, 6) is -1.41. The van der Waals surface area contributed by atoms with E-state index in [1.807, 2.05) is 0 Å². The van der Waals surface area contributed by atoms with Crippen LogP contribution < -0.4 is 11.1 Å². The summed E-state index contributed by atoms with van der Waals surface area (Å²) in [7, 11) is 1.38. The fourth-order valence-corrected chi connectivity index (χ4v) is 1.19. The highest BCUT2D eigenvalue weighted by Gasteiger charge is 2.16. The Morgan fingerprint density at radius 3 is 2.94 bits per heavy atom. The molecule has 1 atom stereocenters. The second kappa shape index (κ2) is 5.97. The van der Waals surface area contributed by atoms with Gasteiger partial charge in [0, 0.05) is 19.9 Å². The Balaban J connectivity index is 2.59. The lowest BCUT2D eigenvalue weighted by atomic mass is 10.3. The molecule has 0 aromatic carbocycles. The Morgan fingerprint density at radius 1 is 1.71 bits per heavy atom. The van der Waals surface area contributed by atoms with Crippen LogP contribution in [0.1, 0.15) is 0 Å². The maximum atomic E-state index is 11.5. The van der Waals surface area contributed by atoms with E-state index in [1.54, 1.807) is 0 Å². The molecule has 0 spiro atoms. The minimum Gasteiger partial charge on any atom is -0.480 e. The number of carboxylic acids is 1. The van der Waals surface area contributed by atoms with Crippen LogP contribution in [0.2, 0.25) is 0 Å². The number of amides is 1. The lowest BCUT2D eigenvalue weighted by Crippen LogP contribution is -2.35. The third-order valence-corrected chi connectivity index (χ3v) is 1.99. The molecule has 0 aliphatic rings. The Kier molecular flexibility index (Phi) is 4.61. The fraction of sp³-hybridized carbons (Fsp3) is 0.444. The second-order valence-electron chi connectivity index (χ2n) is 3.27. The third kappa shape index (κ3) is 3.85. The number of methoxy groups -OCH3 is 1. The lowest BCUT2D eigenvalue weighted by Gasteiger charge is -2.11. The number of nitrogens with one attached hydrogen (secondary N) is 1. The Morgan fingerprint density at radius 2 is 2.41 bits per heavy atom. The van der Waals surface area contributed by atoms with E-state index in [0.717, 1.165) is 0 Å². The minimum absolute atomic E-state index is 0.0611. The van der Waals surface area contributed by atoms with Crippen LogP contribution in [-0.4, -0.2) is 46.5 Å². The number of carboxylic acid groups (broad SMARTS) is 1. The number of rotatable bonds is 6. The standard InChI is InChI=1S/C9H14N4O4/c1-17-7(2-10)9(16)12-6-3-11-13(4-6)5-8(14)15/h3-4,7H,2,5,10H2,1H3,(H,12,16)(H,14,15). The molecule has 1 aromatic heterocycles. The van der Waals surface area contributed by atoms with Crippen LogP contribution >= 0.6 is 0 Å². The van der Waals surface area contributed by atoms with Crippen molar-refractivity contribution in [1.29, 1.82) is 0 Å². The van der Waals surface area contributed by atoms with Gasteiger partial charge in [0.05, 0.1) is 11.9 Å². The molecule has 1 heterocycles. The topological polar surface area (TPSA) is 119 Å². The number of anilines is 1. The van der Waals surface area contributed by atoms with E-state index >= 15 is 0 Å². The summed E-state index contributed by atoms with van der Waals surface area (Å²) in [6.07, 6.45) is 2.03. The van der Waals surface area contributed by atoms with E-state index in [-0.39, 0.29) is 13.1 Å². The molecule has 0 fully saturated rings. The van der Waals surface area contributed by atoms with Gasteiger partial charge in [0.25, 0.3) is 5.91 Å². The van der Waals surface area contributed by atoms with Crippen LogP contribution in [0.25, 0.3) is 0 Å².